The number of rotatable bonds is 3. The van der Waals surface area contributed by atoms with Gasteiger partial charge in [0.05, 0.1) is 5.69 Å². The summed E-state index contributed by atoms with van der Waals surface area (Å²) >= 11 is 0. The normalized spacial score (nSPS) is 22.3. The van der Waals surface area contributed by atoms with Crippen molar-refractivity contribution in [3.8, 4) is 0 Å². The minimum Gasteiger partial charge on any atom is -0.336 e. The van der Waals surface area contributed by atoms with Gasteiger partial charge in [-0.3, -0.25) is 19.3 Å². The van der Waals surface area contributed by atoms with Crippen LogP contribution in [0, 0.1) is 12.8 Å². The summed E-state index contributed by atoms with van der Waals surface area (Å²) in [6, 6.07) is 5.48. The molecule has 0 aliphatic carbocycles. The number of aryl methyl sites for hydroxylation is 1. The van der Waals surface area contributed by atoms with Crippen LogP contribution in [0.2, 0.25) is 0 Å². The van der Waals surface area contributed by atoms with Crippen LogP contribution in [-0.4, -0.2) is 62.1 Å². The number of carbonyl (C=O) groups excluding carboxylic acids is 2. The minimum atomic E-state index is 0.0290. The van der Waals surface area contributed by atoms with E-state index in [1.807, 2.05) is 29.0 Å². The predicted octanol–water partition coefficient (Wildman–Crippen LogP) is 1.35. The fraction of sp³-hybridized carbons (Fsp3) is 0.474. The fourth-order valence-corrected chi connectivity index (χ4v) is 4.01. The van der Waals surface area contributed by atoms with E-state index in [0.717, 1.165) is 25.1 Å². The monoisotopic (exact) mass is 353 g/mol. The van der Waals surface area contributed by atoms with Crippen molar-refractivity contribution >= 4 is 11.8 Å². The van der Waals surface area contributed by atoms with Gasteiger partial charge in [0.1, 0.15) is 6.54 Å². The summed E-state index contributed by atoms with van der Waals surface area (Å²) in [5.74, 6) is 0.449. The first-order chi connectivity index (χ1) is 12.6. The van der Waals surface area contributed by atoms with Crippen molar-refractivity contribution in [2.24, 2.45) is 5.92 Å². The second kappa shape index (κ2) is 6.90. The lowest BCUT2D eigenvalue weighted by atomic mass is 9.95. The largest absolute Gasteiger partial charge is 0.336 e. The highest BCUT2D eigenvalue weighted by Crippen LogP contribution is 2.29. The number of fused-ring (bicyclic) bond motifs is 4. The standard InChI is InChI=1S/C19H23N5O2/c1-14-6-9-23(21-14)13-18(25)24-11-15-2-3-17(24)12-22(10-15)19(26)16-4-7-20-8-5-16/h4-9,15,17H,2-3,10-13H2,1H3/t15-,17+/m0/s1. The van der Waals surface area contributed by atoms with Crippen molar-refractivity contribution in [2.45, 2.75) is 32.4 Å². The van der Waals surface area contributed by atoms with Gasteiger partial charge in [-0.2, -0.15) is 5.10 Å². The van der Waals surface area contributed by atoms with Gasteiger partial charge in [0.15, 0.2) is 0 Å². The van der Waals surface area contributed by atoms with Crippen molar-refractivity contribution in [3.05, 3.63) is 48.0 Å². The molecule has 0 saturated carbocycles. The molecule has 2 bridgehead atoms. The van der Waals surface area contributed by atoms with Gasteiger partial charge in [0, 0.05) is 49.8 Å². The van der Waals surface area contributed by atoms with Crippen molar-refractivity contribution < 1.29 is 9.59 Å². The lowest BCUT2D eigenvalue weighted by Crippen LogP contribution is -2.48. The van der Waals surface area contributed by atoms with Gasteiger partial charge >= 0.3 is 0 Å². The van der Waals surface area contributed by atoms with E-state index in [1.165, 1.54) is 0 Å². The Morgan fingerprint density at radius 2 is 1.92 bits per heavy atom. The molecule has 3 saturated heterocycles. The summed E-state index contributed by atoms with van der Waals surface area (Å²) in [5, 5.41) is 4.31. The zero-order valence-corrected chi connectivity index (χ0v) is 14.9. The van der Waals surface area contributed by atoms with E-state index in [2.05, 4.69) is 10.1 Å². The summed E-state index contributed by atoms with van der Waals surface area (Å²) < 4.78 is 1.69. The highest BCUT2D eigenvalue weighted by atomic mass is 16.2. The molecule has 0 spiro atoms. The Bertz CT molecular complexity index is 803. The number of carbonyl (C=O) groups is 2. The fourth-order valence-electron chi connectivity index (χ4n) is 4.01. The topological polar surface area (TPSA) is 71.3 Å². The molecule has 2 amide bonds. The van der Waals surface area contributed by atoms with Gasteiger partial charge in [0.25, 0.3) is 5.91 Å². The number of amides is 2. The number of hydrogen-bond acceptors (Lipinski definition) is 4. The summed E-state index contributed by atoms with van der Waals surface area (Å²) in [6.07, 6.45) is 7.13. The Labute approximate surface area is 152 Å². The van der Waals surface area contributed by atoms with Crippen LogP contribution >= 0.6 is 0 Å². The van der Waals surface area contributed by atoms with Crippen molar-refractivity contribution in [1.82, 2.24) is 24.6 Å². The molecule has 0 radical (unpaired) electrons. The van der Waals surface area contributed by atoms with Crippen LogP contribution in [0.25, 0.3) is 0 Å². The summed E-state index contributed by atoms with van der Waals surface area (Å²) in [7, 11) is 0. The van der Waals surface area contributed by atoms with E-state index in [1.54, 1.807) is 29.2 Å². The highest BCUT2D eigenvalue weighted by molar-refractivity contribution is 5.94. The molecular formula is C19H23N5O2. The van der Waals surface area contributed by atoms with Gasteiger partial charge in [-0.15, -0.1) is 0 Å². The molecule has 26 heavy (non-hydrogen) atoms. The average Bonchev–Trinajstić information content (AvgIpc) is 2.86. The Hall–Kier alpha value is -2.70. The van der Waals surface area contributed by atoms with Crippen molar-refractivity contribution in [3.63, 3.8) is 0 Å². The molecule has 5 rings (SSSR count). The Kier molecular flexibility index (Phi) is 4.44. The smallest absolute Gasteiger partial charge is 0.254 e. The molecule has 0 N–H and O–H groups in total. The number of piperidine rings is 1. The molecule has 136 valence electrons. The van der Waals surface area contributed by atoms with Gasteiger partial charge in [0.2, 0.25) is 5.91 Å². The zero-order chi connectivity index (χ0) is 18.1. The van der Waals surface area contributed by atoms with Crippen LogP contribution in [0.5, 0.6) is 0 Å². The molecule has 0 aromatic carbocycles. The van der Waals surface area contributed by atoms with E-state index in [4.69, 9.17) is 0 Å². The lowest BCUT2D eigenvalue weighted by molar-refractivity contribution is -0.136. The van der Waals surface area contributed by atoms with Crippen molar-refractivity contribution in [2.75, 3.05) is 19.6 Å². The van der Waals surface area contributed by atoms with E-state index >= 15 is 0 Å². The zero-order valence-electron chi connectivity index (χ0n) is 14.9. The van der Waals surface area contributed by atoms with Gasteiger partial charge in [-0.1, -0.05) is 0 Å². The molecule has 3 aliphatic rings. The Balaban J connectivity index is 1.48. The third kappa shape index (κ3) is 3.34. The van der Waals surface area contributed by atoms with Crippen LogP contribution in [-0.2, 0) is 11.3 Å². The summed E-state index contributed by atoms with van der Waals surface area (Å²) in [4.78, 5) is 33.5. The van der Waals surface area contributed by atoms with Crippen LogP contribution in [0.15, 0.2) is 36.8 Å². The summed E-state index contributed by atoms with van der Waals surface area (Å²) in [6.45, 7) is 4.21. The van der Waals surface area contributed by atoms with E-state index in [9.17, 15) is 9.59 Å². The molecule has 7 nitrogen and oxygen atoms in total. The maximum absolute atomic E-state index is 12.8. The Morgan fingerprint density at radius 1 is 1.12 bits per heavy atom. The van der Waals surface area contributed by atoms with E-state index in [-0.39, 0.29) is 24.4 Å². The third-order valence-corrected chi connectivity index (χ3v) is 5.32. The number of nitrogens with zero attached hydrogens (tertiary/aromatic N) is 5. The number of hydrogen-bond donors (Lipinski definition) is 0. The van der Waals surface area contributed by atoms with E-state index < -0.39 is 0 Å². The molecule has 2 aromatic heterocycles. The average molecular weight is 353 g/mol. The maximum atomic E-state index is 12.8. The molecular weight excluding hydrogens is 330 g/mol. The quantitative estimate of drug-likeness (QED) is 0.835. The molecule has 7 heteroatoms. The molecule has 2 aromatic rings. The third-order valence-electron chi connectivity index (χ3n) is 5.32. The highest BCUT2D eigenvalue weighted by Gasteiger charge is 2.38. The van der Waals surface area contributed by atoms with Gasteiger partial charge in [-0.25, -0.2) is 0 Å². The first-order valence-corrected chi connectivity index (χ1v) is 9.09. The molecule has 3 fully saturated rings. The Morgan fingerprint density at radius 3 is 2.65 bits per heavy atom. The number of pyridine rings is 1. The molecule has 2 atom stereocenters. The summed E-state index contributed by atoms with van der Waals surface area (Å²) in [5.41, 5.74) is 1.57. The predicted molar refractivity (Wildman–Crippen MR) is 95.3 cm³/mol. The van der Waals surface area contributed by atoms with Crippen LogP contribution < -0.4 is 0 Å². The van der Waals surface area contributed by atoms with Crippen LogP contribution in [0.3, 0.4) is 0 Å². The number of aromatic nitrogens is 3. The lowest BCUT2D eigenvalue weighted by Gasteiger charge is -2.36. The molecule has 5 heterocycles. The van der Waals surface area contributed by atoms with Crippen LogP contribution in [0.4, 0.5) is 0 Å². The van der Waals surface area contributed by atoms with E-state index in [0.29, 0.717) is 24.6 Å². The maximum Gasteiger partial charge on any atom is 0.254 e. The minimum absolute atomic E-state index is 0.0290. The van der Waals surface area contributed by atoms with Gasteiger partial charge < -0.3 is 9.80 Å². The SMILES string of the molecule is Cc1ccn(CC(=O)N2C[C@H]3CC[C@@H]2CN(C(=O)c2ccncc2)C3)n1. The first-order valence-electron chi connectivity index (χ1n) is 9.09. The molecule has 3 aliphatic heterocycles. The van der Waals surface area contributed by atoms with Gasteiger partial charge in [-0.05, 0) is 43.9 Å². The van der Waals surface area contributed by atoms with Crippen LogP contribution in [0.1, 0.15) is 28.9 Å². The van der Waals surface area contributed by atoms with Crippen molar-refractivity contribution in [1.29, 1.82) is 0 Å². The first kappa shape index (κ1) is 16.8. The second-order valence-corrected chi connectivity index (χ2v) is 7.24. The second-order valence-electron chi connectivity index (χ2n) is 7.24. The molecule has 0 unspecified atom stereocenters.